The van der Waals surface area contributed by atoms with Crippen LogP contribution in [-0.2, 0) is 19.2 Å². The van der Waals surface area contributed by atoms with Crippen LogP contribution in [0.4, 0.5) is 0 Å². The van der Waals surface area contributed by atoms with E-state index in [9.17, 15) is 34.6 Å². The van der Waals surface area contributed by atoms with E-state index in [0.29, 0.717) is 5.75 Å². The topological polar surface area (TPSA) is 215 Å². The smallest absolute Gasteiger partial charge is 0.331 e. The maximum absolute atomic E-state index is 12.6. The molecule has 2 amide bonds. The summed E-state index contributed by atoms with van der Waals surface area (Å²) >= 11 is 0. The molecule has 1 saturated heterocycles. The van der Waals surface area contributed by atoms with Crippen LogP contribution in [0.15, 0.2) is 53.7 Å². The first kappa shape index (κ1) is 26.0. The number of rotatable bonds is 11. The van der Waals surface area contributed by atoms with Gasteiger partial charge in [-0.2, -0.15) is 0 Å². The second kappa shape index (κ2) is 11.2. The number of carboxylic acid groups (broad SMARTS) is 2. The highest BCUT2D eigenvalue weighted by Crippen LogP contribution is 2.28. The van der Waals surface area contributed by atoms with Crippen molar-refractivity contribution in [3.05, 3.63) is 64.9 Å². The van der Waals surface area contributed by atoms with E-state index in [4.69, 9.17) is 15.6 Å². The summed E-state index contributed by atoms with van der Waals surface area (Å²) in [6, 6.07) is 7.62. The molecule has 6 N–H and O–H groups in total. The Kier molecular flexibility index (Phi) is 8.07. The zero-order chi connectivity index (χ0) is 26.4. The molecule has 1 aliphatic rings. The Hall–Kier alpha value is -4.65. The molecule has 1 aliphatic heterocycles. The first-order valence-electron chi connectivity index (χ1n) is 10.7. The van der Waals surface area contributed by atoms with E-state index in [-0.39, 0.29) is 36.4 Å². The quantitative estimate of drug-likeness (QED) is 0.159. The summed E-state index contributed by atoms with van der Waals surface area (Å²) in [6.07, 6.45) is 0.0780. The normalized spacial score (nSPS) is 17.0. The standard InChI is InChI=1S/C23H24N4O9/c24-16(22(31)32)9-10-36-15-7-3-12(4-8-15)18(26-35)20(29)25-17-11-27(21(17)30)19(23(33)34)13-1-5-14(28)6-2-13/h1-8,16-17,19,28,35H,9-11,24H2,(H,25,29)(H,31,32)(H,33,34)/p-1. The molecular weight excluding hydrogens is 476 g/mol. The van der Waals surface area contributed by atoms with Crippen LogP contribution < -0.4 is 15.8 Å². The van der Waals surface area contributed by atoms with Crippen LogP contribution in [-0.4, -0.2) is 74.9 Å². The van der Waals surface area contributed by atoms with E-state index in [1.807, 2.05) is 0 Å². The molecule has 13 nitrogen and oxygen atoms in total. The van der Waals surface area contributed by atoms with Crippen LogP contribution in [0.25, 0.3) is 0 Å². The van der Waals surface area contributed by atoms with Gasteiger partial charge in [0.2, 0.25) is 5.91 Å². The van der Waals surface area contributed by atoms with Crippen molar-refractivity contribution in [2.24, 2.45) is 10.9 Å². The molecule has 0 spiro atoms. The van der Waals surface area contributed by atoms with Gasteiger partial charge in [-0.25, -0.2) is 4.79 Å². The number of hydrogen-bond acceptors (Lipinski definition) is 9. The van der Waals surface area contributed by atoms with Gasteiger partial charge in [-0.05, 0) is 42.0 Å². The van der Waals surface area contributed by atoms with Crippen LogP contribution in [0, 0.1) is 5.21 Å². The number of carbonyl (C=O) groups excluding carboxylic acids is 2. The second-order valence-corrected chi connectivity index (χ2v) is 7.90. The number of carbonyl (C=O) groups is 4. The van der Waals surface area contributed by atoms with E-state index in [2.05, 4.69) is 10.5 Å². The first-order chi connectivity index (χ1) is 17.1. The third-order valence-corrected chi connectivity index (χ3v) is 5.47. The number of aliphatic carboxylic acids is 2. The highest BCUT2D eigenvalue weighted by atomic mass is 16.5. The van der Waals surface area contributed by atoms with Crippen molar-refractivity contribution < 1.29 is 39.2 Å². The Morgan fingerprint density at radius 2 is 1.75 bits per heavy atom. The van der Waals surface area contributed by atoms with Crippen LogP contribution in [0.2, 0.25) is 0 Å². The lowest BCUT2D eigenvalue weighted by atomic mass is 9.97. The second-order valence-electron chi connectivity index (χ2n) is 7.90. The van der Waals surface area contributed by atoms with E-state index in [1.165, 1.54) is 48.5 Å². The number of nitrogens with one attached hydrogen (secondary N) is 1. The van der Waals surface area contributed by atoms with E-state index in [1.54, 1.807) is 0 Å². The van der Waals surface area contributed by atoms with Crippen LogP contribution in [0.3, 0.4) is 0 Å². The predicted molar refractivity (Wildman–Crippen MR) is 124 cm³/mol. The lowest BCUT2D eigenvalue weighted by molar-refractivity contribution is -0.160. The van der Waals surface area contributed by atoms with Gasteiger partial charge in [0.15, 0.2) is 6.04 Å². The van der Waals surface area contributed by atoms with Crippen LogP contribution in [0.1, 0.15) is 23.6 Å². The van der Waals surface area contributed by atoms with Crippen LogP contribution >= 0.6 is 0 Å². The van der Waals surface area contributed by atoms with Gasteiger partial charge in [0.25, 0.3) is 5.91 Å². The number of likely N-dealkylation sites (tertiary alicyclic amines) is 1. The molecule has 13 heteroatoms. The van der Waals surface area contributed by atoms with Gasteiger partial charge in [-0.1, -0.05) is 12.1 Å². The number of ether oxygens (including phenoxy) is 1. The largest absolute Gasteiger partial charge is 0.791 e. The Bertz CT molecular complexity index is 1170. The Balaban J connectivity index is 1.59. The number of nitrogens with zero attached hydrogens (tertiary/aromatic N) is 2. The van der Waals surface area contributed by atoms with Crippen molar-refractivity contribution >= 4 is 29.5 Å². The maximum atomic E-state index is 12.6. The van der Waals surface area contributed by atoms with E-state index >= 15 is 0 Å². The molecule has 3 unspecified atom stereocenters. The Morgan fingerprint density at radius 3 is 2.28 bits per heavy atom. The minimum absolute atomic E-state index is 0.0393. The molecule has 0 saturated carbocycles. The summed E-state index contributed by atoms with van der Waals surface area (Å²) in [5, 5.41) is 44.2. The van der Waals surface area contributed by atoms with Crippen molar-refractivity contribution in [2.45, 2.75) is 24.5 Å². The van der Waals surface area contributed by atoms with Gasteiger partial charge >= 0.3 is 11.9 Å². The third kappa shape index (κ3) is 5.88. The van der Waals surface area contributed by atoms with Gasteiger partial charge in [0.1, 0.15) is 29.3 Å². The van der Waals surface area contributed by atoms with Gasteiger partial charge in [0, 0.05) is 12.0 Å². The molecule has 0 aromatic heterocycles. The van der Waals surface area contributed by atoms with Crippen molar-refractivity contribution in [2.75, 3.05) is 13.2 Å². The molecule has 36 heavy (non-hydrogen) atoms. The van der Waals surface area contributed by atoms with Gasteiger partial charge in [-0.15, -0.1) is 0 Å². The van der Waals surface area contributed by atoms with Crippen molar-refractivity contribution in [3.8, 4) is 11.5 Å². The molecule has 1 fully saturated rings. The fraction of sp³-hybridized carbons (Fsp3) is 0.261. The minimum atomic E-state index is -1.31. The predicted octanol–water partition coefficient (Wildman–Crippen LogP) is 0.0128. The summed E-state index contributed by atoms with van der Waals surface area (Å²) in [5.74, 6) is -3.72. The number of benzene rings is 2. The lowest BCUT2D eigenvalue weighted by Gasteiger charge is -2.42. The van der Waals surface area contributed by atoms with Crippen molar-refractivity contribution in [1.82, 2.24) is 10.2 Å². The molecule has 0 bridgehead atoms. The number of carboxylic acids is 2. The van der Waals surface area contributed by atoms with Crippen molar-refractivity contribution in [3.63, 3.8) is 0 Å². The van der Waals surface area contributed by atoms with Crippen molar-refractivity contribution in [1.29, 1.82) is 0 Å². The van der Waals surface area contributed by atoms with Gasteiger partial charge in [-0.3, -0.25) is 14.4 Å². The number of β-lactam (4-membered cyclic amide) rings is 1. The minimum Gasteiger partial charge on any atom is -0.791 e. The summed E-state index contributed by atoms with van der Waals surface area (Å²) in [7, 11) is 0. The number of phenolic OH excluding ortho intramolecular Hbond substituents is 1. The Labute approximate surface area is 204 Å². The third-order valence-electron chi connectivity index (χ3n) is 5.47. The fourth-order valence-corrected chi connectivity index (χ4v) is 3.49. The average Bonchev–Trinajstić information content (AvgIpc) is 2.85. The highest BCUT2D eigenvalue weighted by Gasteiger charge is 2.45. The molecule has 0 radical (unpaired) electrons. The van der Waals surface area contributed by atoms with E-state index in [0.717, 1.165) is 4.90 Å². The van der Waals surface area contributed by atoms with Gasteiger partial charge in [0.05, 0.1) is 13.2 Å². The van der Waals surface area contributed by atoms with Gasteiger partial charge < -0.3 is 46.4 Å². The summed E-state index contributed by atoms with van der Waals surface area (Å²) < 4.78 is 5.38. The zero-order valence-corrected chi connectivity index (χ0v) is 18.7. The number of amides is 2. The molecule has 2 aromatic rings. The number of nitrogens with two attached hydrogens (primary N) is 1. The maximum Gasteiger partial charge on any atom is 0.331 e. The molecule has 190 valence electrons. The molecule has 3 rings (SSSR count). The fourth-order valence-electron chi connectivity index (χ4n) is 3.49. The lowest BCUT2D eigenvalue weighted by Crippen LogP contribution is -2.66. The molecule has 0 aliphatic carbocycles. The molecular formula is C23H23N4O9-. The zero-order valence-electron chi connectivity index (χ0n) is 18.7. The molecule has 1 heterocycles. The first-order valence-corrected chi connectivity index (χ1v) is 10.7. The summed E-state index contributed by atoms with van der Waals surface area (Å²) in [4.78, 5) is 48.7. The summed E-state index contributed by atoms with van der Waals surface area (Å²) in [5.41, 5.74) is 5.32. The number of phenols is 1. The Morgan fingerprint density at radius 1 is 1.11 bits per heavy atom. The molecule has 2 aromatic carbocycles. The monoisotopic (exact) mass is 499 g/mol. The molecule has 3 atom stereocenters. The highest BCUT2D eigenvalue weighted by molar-refractivity contribution is 6.45. The number of hydrogen-bond donors (Lipinski definition) is 5. The van der Waals surface area contributed by atoms with E-state index < -0.39 is 47.6 Å². The number of aromatic hydroxyl groups is 1. The summed E-state index contributed by atoms with van der Waals surface area (Å²) in [6.45, 7) is -0.0720. The van der Waals surface area contributed by atoms with Crippen LogP contribution in [0.5, 0.6) is 11.5 Å². The average molecular weight is 499 g/mol. The SMILES string of the molecule is NC(CCOc1ccc(C(=N[O-])C(=O)NC2CN(C(C(=O)O)c3ccc(O)cc3)C2=O)cc1)C(=O)O.